The topological polar surface area (TPSA) is 62.7 Å². The van der Waals surface area contributed by atoms with Crippen molar-refractivity contribution in [1.82, 2.24) is 4.98 Å². The lowest BCUT2D eigenvalue weighted by molar-refractivity contribution is -0.123. The summed E-state index contributed by atoms with van der Waals surface area (Å²) in [4.78, 5) is 35.1. The molecule has 0 spiro atoms. The first-order valence-electron chi connectivity index (χ1n) is 11.7. The molecule has 0 radical (unpaired) electrons. The van der Waals surface area contributed by atoms with Crippen molar-refractivity contribution in [2.75, 3.05) is 23.0 Å². The molecule has 7 heteroatoms. The molecule has 1 aliphatic heterocycles. The van der Waals surface area contributed by atoms with Crippen molar-refractivity contribution in [3.05, 3.63) is 77.9 Å². The highest BCUT2D eigenvalue weighted by Gasteiger charge is 2.39. The molecule has 35 heavy (non-hydrogen) atoms. The number of benzene rings is 3. The summed E-state index contributed by atoms with van der Waals surface area (Å²) in [5, 5.41) is 0.619. The predicted molar refractivity (Wildman–Crippen MR) is 141 cm³/mol. The first-order valence-corrected chi connectivity index (χ1v) is 12.6. The van der Waals surface area contributed by atoms with Crippen molar-refractivity contribution >= 4 is 49.9 Å². The van der Waals surface area contributed by atoms with Crippen LogP contribution in [0.2, 0.25) is 0 Å². The van der Waals surface area contributed by atoms with Crippen LogP contribution in [0, 0.1) is 19.8 Å². The average Bonchev–Trinajstić information content (AvgIpc) is 3.43. The molecule has 0 saturated carbocycles. The zero-order chi connectivity index (χ0) is 24.5. The molecule has 0 unspecified atom stereocenters. The van der Waals surface area contributed by atoms with Gasteiger partial charge in [0.05, 0.1) is 28.4 Å². The second-order valence-corrected chi connectivity index (χ2v) is 9.83. The number of carbonyl (C=O) groups excluding carboxylic acids is 2. The summed E-state index contributed by atoms with van der Waals surface area (Å²) in [7, 11) is 0. The Hall–Kier alpha value is -3.71. The Bertz CT molecular complexity index is 1340. The lowest BCUT2D eigenvalue weighted by atomic mass is 10.1. The molecular formula is C28H27N3O3S. The monoisotopic (exact) mass is 485 g/mol. The minimum absolute atomic E-state index is 0.0582. The third-order valence-electron chi connectivity index (χ3n) is 6.09. The third-order valence-corrected chi connectivity index (χ3v) is 7.11. The van der Waals surface area contributed by atoms with Crippen molar-refractivity contribution in [1.29, 1.82) is 0 Å². The van der Waals surface area contributed by atoms with Crippen LogP contribution >= 0.6 is 11.3 Å². The van der Waals surface area contributed by atoms with Gasteiger partial charge in [0.2, 0.25) is 11.8 Å². The molecule has 1 saturated heterocycles. The predicted octanol–water partition coefficient (Wildman–Crippen LogP) is 6.03. The minimum atomic E-state index is -0.470. The number of hydrogen-bond donors (Lipinski definition) is 0. The first kappa shape index (κ1) is 23.1. The second-order valence-electron chi connectivity index (χ2n) is 8.82. The Labute approximate surface area is 208 Å². The highest BCUT2D eigenvalue weighted by molar-refractivity contribution is 7.22. The fraction of sp³-hybridized carbons (Fsp3) is 0.250. The van der Waals surface area contributed by atoms with E-state index in [0.29, 0.717) is 18.3 Å². The molecule has 1 aliphatic rings. The molecule has 1 fully saturated rings. The van der Waals surface area contributed by atoms with Gasteiger partial charge in [0.25, 0.3) is 0 Å². The summed E-state index contributed by atoms with van der Waals surface area (Å²) in [6, 6.07) is 21.4. The second kappa shape index (κ2) is 9.50. The number of ether oxygens (including phenoxy) is 1. The molecule has 0 aliphatic carbocycles. The van der Waals surface area contributed by atoms with E-state index in [0.717, 1.165) is 38.5 Å². The van der Waals surface area contributed by atoms with Crippen molar-refractivity contribution in [3.8, 4) is 5.75 Å². The molecule has 5 rings (SSSR count). The molecule has 1 atom stereocenters. The lowest BCUT2D eigenvalue weighted by Crippen LogP contribution is -2.34. The van der Waals surface area contributed by atoms with E-state index in [1.807, 2.05) is 81.4 Å². The number of hydrogen-bond acceptors (Lipinski definition) is 5. The van der Waals surface area contributed by atoms with Crippen molar-refractivity contribution in [2.45, 2.75) is 27.2 Å². The van der Waals surface area contributed by atoms with Gasteiger partial charge in [0.1, 0.15) is 5.75 Å². The Kier molecular flexibility index (Phi) is 6.26. The normalized spacial score (nSPS) is 15.6. The highest BCUT2D eigenvalue weighted by atomic mass is 32.1. The van der Waals surface area contributed by atoms with Crippen LogP contribution < -0.4 is 14.5 Å². The average molecular weight is 486 g/mol. The molecule has 1 aromatic heterocycles. The lowest BCUT2D eigenvalue weighted by Gasteiger charge is -2.24. The number of rotatable bonds is 6. The van der Waals surface area contributed by atoms with E-state index in [9.17, 15) is 9.59 Å². The van der Waals surface area contributed by atoms with E-state index in [-0.39, 0.29) is 18.2 Å². The minimum Gasteiger partial charge on any atom is -0.494 e. The van der Waals surface area contributed by atoms with Gasteiger partial charge < -0.3 is 9.64 Å². The summed E-state index contributed by atoms with van der Waals surface area (Å²) in [5.41, 5.74) is 4.54. The molecule has 178 valence electrons. The van der Waals surface area contributed by atoms with Gasteiger partial charge >= 0.3 is 0 Å². The molecule has 2 heterocycles. The SMILES string of the molecule is CCOc1ccc(N2C[C@H](C(=O)N(c3cc(C)cc(C)c3)c3nc4ccccc4s3)CC2=O)cc1. The Balaban J connectivity index is 1.48. The first-order chi connectivity index (χ1) is 16.9. The van der Waals surface area contributed by atoms with Crippen LogP contribution in [-0.4, -0.2) is 29.9 Å². The van der Waals surface area contributed by atoms with E-state index in [4.69, 9.17) is 9.72 Å². The molecule has 6 nitrogen and oxygen atoms in total. The quantitative estimate of drug-likeness (QED) is 0.335. The Morgan fingerprint density at radius 1 is 1.09 bits per heavy atom. The summed E-state index contributed by atoms with van der Waals surface area (Å²) >= 11 is 1.48. The molecule has 4 aromatic rings. The molecule has 2 amide bonds. The zero-order valence-corrected chi connectivity index (χ0v) is 20.8. The number of aromatic nitrogens is 1. The number of amides is 2. The Morgan fingerprint density at radius 3 is 2.49 bits per heavy atom. The van der Waals surface area contributed by atoms with Gasteiger partial charge in [-0.2, -0.15) is 0 Å². The maximum Gasteiger partial charge on any atom is 0.238 e. The van der Waals surface area contributed by atoms with Crippen LogP contribution in [0.5, 0.6) is 5.75 Å². The van der Waals surface area contributed by atoms with E-state index in [1.165, 1.54) is 11.3 Å². The number of para-hydroxylation sites is 1. The molecule has 0 N–H and O–H groups in total. The number of aryl methyl sites for hydroxylation is 2. The fourth-order valence-electron chi connectivity index (χ4n) is 4.56. The molecule has 3 aromatic carbocycles. The van der Waals surface area contributed by atoms with Gasteiger partial charge in [0.15, 0.2) is 5.13 Å². The van der Waals surface area contributed by atoms with Crippen LogP contribution in [0.25, 0.3) is 10.2 Å². The van der Waals surface area contributed by atoms with Gasteiger partial charge in [-0.25, -0.2) is 4.98 Å². The van der Waals surface area contributed by atoms with Gasteiger partial charge in [-0.05, 0) is 80.4 Å². The number of fused-ring (bicyclic) bond motifs is 1. The van der Waals surface area contributed by atoms with E-state index >= 15 is 0 Å². The van der Waals surface area contributed by atoms with Crippen LogP contribution in [0.1, 0.15) is 24.5 Å². The third kappa shape index (κ3) is 4.64. The van der Waals surface area contributed by atoms with Gasteiger partial charge in [0, 0.05) is 18.7 Å². The molecular weight excluding hydrogens is 458 g/mol. The molecule has 0 bridgehead atoms. The van der Waals surface area contributed by atoms with Crippen LogP contribution in [0.3, 0.4) is 0 Å². The summed E-state index contributed by atoms with van der Waals surface area (Å²) in [6.07, 6.45) is 0.165. The largest absolute Gasteiger partial charge is 0.494 e. The van der Waals surface area contributed by atoms with Crippen LogP contribution in [0.15, 0.2) is 66.7 Å². The van der Waals surface area contributed by atoms with E-state index < -0.39 is 5.92 Å². The van der Waals surface area contributed by atoms with Gasteiger partial charge in [-0.1, -0.05) is 29.5 Å². The van der Waals surface area contributed by atoms with Gasteiger partial charge in [-0.3, -0.25) is 14.5 Å². The van der Waals surface area contributed by atoms with E-state index in [2.05, 4.69) is 6.07 Å². The standard InChI is InChI=1S/C28H27N3O3S/c1-4-34-23-11-9-21(10-12-23)30-17-20(16-26(30)32)27(33)31(22-14-18(2)13-19(3)15-22)28-29-24-7-5-6-8-25(24)35-28/h5-15,20H,4,16-17H2,1-3H3/t20-/m1/s1. The highest BCUT2D eigenvalue weighted by Crippen LogP contribution is 2.37. The van der Waals surface area contributed by atoms with Crippen molar-refractivity contribution < 1.29 is 14.3 Å². The van der Waals surface area contributed by atoms with Crippen LogP contribution in [0.4, 0.5) is 16.5 Å². The number of carbonyl (C=O) groups is 2. The number of nitrogens with zero attached hydrogens (tertiary/aromatic N) is 3. The Morgan fingerprint density at radius 2 is 1.80 bits per heavy atom. The zero-order valence-electron chi connectivity index (χ0n) is 20.0. The number of thiazole rings is 1. The number of anilines is 3. The van der Waals surface area contributed by atoms with Crippen LogP contribution in [-0.2, 0) is 9.59 Å². The van der Waals surface area contributed by atoms with Crippen molar-refractivity contribution in [2.24, 2.45) is 5.92 Å². The summed E-state index contributed by atoms with van der Waals surface area (Å²) < 4.78 is 6.53. The fourth-order valence-corrected chi connectivity index (χ4v) is 5.55. The van der Waals surface area contributed by atoms with E-state index in [1.54, 1.807) is 9.80 Å². The summed E-state index contributed by atoms with van der Waals surface area (Å²) in [6.45, 7) is 6.88. The smallest absolute Gasteiger partial charge is 0.238 e. The maximum atomic E-state index is 14.0. The van der Waals surface area contributed by atoms with Gasteiger partial charge in [-0.15, -0.1) is 0 Å². The summed E-state index contributed by atoms with van der Waals surface area (Å²) in [5.74, 6) is 0.113. The van der Waals surface area contributed by atoms with Crippen molar-refractivity contribution in [3.63, 3.8) is 0 Å². The maximum absolute atomic E-state index is 14.0.